The van der Waals surface area contributed by atoms with E-state index in [0.717, 1.165) is 48.6 Å². The second kappa shape index (κ2) is 13.4. The lowest BCUT2D eigenvalue weighted by Crippen LogP contribution is -2.27. The van der Waals surface area contributed by atoms with Crippen LogP contribution >= 0.6 is 0 Å². The van der Waals surface area contributed by atoms with Crippen LogP contribution < -0.4 is 10.6 Å². The molecule has 1 amide bonds. The van der Waals surface area contributed by atoms with Gasteiger partial charge in [-0.15, -0.1) is 0 Å². The van der Waals surface area contributed by atoms with Crippen molar-refractivity contribution in [1.82, 2.24) is 19.9 Å². The maximum absolute atomic E-state index is 12.9. The minimum absolute atomic E-state index is 0.139. The minimum Gasteiger partial charge on any atom is -0.324 e. The molecule has 38 heavy (non-hydrogen) atoms. The fraction of sp³-hybridized carbons (Fsp3) is 0.290. The Morgan fingerprint density at radius 3 is 2.42 bits per heavy atom. The summed E-state index contributed by atoms with van der Waals surface area (Å²) in [5, 5.41) is 6.30. The molecule has 4 aromatic rings. The van der Waals surface area contributed by atoms with Crippen molar-refractivity contribution >= 4 is 23.2 Å². The van der Waals surface area contributed by atoms with Gasteiger partial charge in [-0.2, -0.15) is 0 Å². The molecule has 0 bridgehead atoms. The Morgan fingerprint density at radius 1 is 0.921 bits per heavy atom. The second-order valence-corrected chi connectivity index (χ2v) is 9.40. The van der Waals surface area contributed by atoms with Gasteiger partial charge in [0.25, 0.3) is 5.91 Å². The maximum atomic E-state index is 12.9. The Labute approximate surface area is 225 Å². The number of benzene rings is 2. The monoisotopic (exact) mass is 508 g/mol. The SMILES string of the molecule is CCCN(CCC)CCc1ccc(C(=O)Nc2ccc(C)c(Nc3nccc(-c4cccnc4)n3)c2)cc1. The molecular formula is C31H36N6O. The summed E-state index contributed by atoms with van der Waals surface area (Å²) in [5.74, 6) is 0.338. The highest BCUT2D eigenvalue weighted by Crippen LogP contribution is 2.24. The Kier molecular flexibility index (Phi) is 9.54. The van der Waals surface area contributed by atoms with Crippen molar-refractivity contribution < 1.29 is 4.79 Å². The van der Waals surface area contributed by atoms with Crippen molar-refractivity contribution in [2.24, 2.45) is 0 Å². The number of nitrogens with one attached hydrogen (secondary N) is 2. The van der Waals surface area contributed by atoms with E-state index in [2.05, 4.69) is 56.5 Å². The largest absolute Gasteiger partial charge is 0.324 e. The van der Waals surface area contributed by atoms with E-state index in [4.69, 9.17) is 0 Å². The predicted molar refractivity (Wildman–Crippen MR) is 155 cm³/mol. The van der Waals surface area contributed by atoms with Gasteiger partial charge in [0.05, 0.1) is 5.69 Å². The van der Waals surface area contributed by atoms with Crippen LogP contribution in [0.25, 0.3) is 11.3 Å². The highest BCUT2D eigenvalue weighted by Gasteiger charge is 2.10. The number of pyridine rings is 1. The van der Waals surface area contributed by atoms with Crippen LogP contribution in [0.1, 0.15) is 48.2 Å². The van der Waals surface area contributed by atoms with Gasteiger partial charge in [0, 0.05) is 47.6 Å². The summed E-state index contributed by atoms with van der Waals surface area (Å²) in [4.78, 5) is 28.6. The van der Waals surface area contributed by atoms with Crippen molar-refractivity contribution in [1.29, 1.82) is 0 Å². The highest BCUT2D eigenvalue weighted by atomic mass is 16.1. The van der Waals surface area contributed by atoms with Gasteiger partial charge in [-0.3, -0.25) is 9.78 Å². The first-order valence-corrected chi connectivity index (χ1v) is 13.3. The first kappa shape index (κ1) is 26.9. The molecule has 4 rings (SSSR count). The van der Waals surface area contributed by atoms with Gasteiger partial charge in [-0.05, 0) is 92.9 Å². The van der Waals surface area contributed by atoms with Gasteiger partial charge in [0.15, 0.2) is 0 Å². The summed E-state index contributed by atoms with van der Waals surface area (Å²) in [5.41, 5.74) is 6.12. The van der Waals surface area contributed by atoms with Crippen LogP contribution in [0, 0.1) is 6.92 Å². The Balaban J connectivity index is 1.39. The molecule has 0 aliphatic heterocycles. The molecule has 0 atom stereocenters. The Hall–Kier alpha value is -4.10. The number of hydrogen-bond donors (Lipinski definition) is 2. The van der Waals surface area contributed by atoms with Gasteiger partial charge < -0.3 is 15.5 Å². The molecule has 0 spiro atoms. The van der Waals surface area contributed by atoms with Crippen LogP contribution in [0.5, 0.6) is 0 Å². The molecule has 2 aromatic carbocycles. The van der Waals surface area contributed by atoms with E-state index in [1.54, 1.807) is 18.6 Å². The number of carbonyl (C=O) groups excluding carboxylic acids is 1. The van der Waals surface area contributed by atoms with Crippen LogP contribution in [0.15, 0.2) is 79.3 Å². The molecule has 2 heterocycles. The highest BCUT2D eigenvalue weighted by molar-refractivity contribution is 6.04. The number of anilines is 3. The molecule has 7 nitrogen and oxygen atoms in total. The average molecular weight is 509 g/mol. The molecule has 0 fully saturated rings. The van der Waals surface area contributed by atoms with E-state index in [9.17, 15) is 4.79 Å². The number of hydrogen-bond acceptors (Lipinski definition) is 6. The van der Waals surface area contributed by atoms with Crippen molar-refractivity contribution in [3.05, 3.63) is 95.9 Å². The zero-order chi connectivity index (χ0) is 26.7. The van der Waals surface area contributed by atoms with Crippen molar-refractivity contribution in [3.63, 3.8) is 0 Å². The lowest BCUT2D eigenvalue weighted by atomic mass is 10.1. The summed E-state index contributed by atoms with van der Waals surface area (Å²) in [6, 6.07) is 19.4. The topological polar surface area (TPSA) is 83.0 Å². The van der Waals surface area contributed by atoms with Crippen LogP contribution in [0.3, 0.4) is 0 Å². The van der Waals surface area contributed by atoms with E-state index in [1.807, 2.05) is 55.5 Å². The molecule has 7 heteroatoms. The number of amides is 1. The molecule has 2 aromatic heterocycles. The van der Waals surface area contributed by atoms with E-state index in [1.165, 1.54) is 18.4 Å². The van der Waals surface area contributed by atoms with Gasteiger partial charge in [-0.1, -0.05) is 32.0 Å². The fourth-order valence-electron chi connectivity index (χ4n) is 4.33. The third kappa shape index (κ3) is 7.46. The average Bonchev–Trinajstić information content (AvgIpc) is 2.95. The maximum Gasteiger partial charge on any atom is 0.255 e. The standard InChI is InChI=1S/C31H36N6O/c1-4-18-37(19-5-2)20-15-24-9-11-25(12-10-24)30(38)34-27-13-8-23(3)29(21-27)36-31-33-17-14-28(35-31)26-7-6-16-32-22-26/h6-14,16-17,21-22H,4-5,15,18-20H2,1-3H3,(H,34,38)(H,33,35,36). The predicted octanol–water partition coefficient (Wildman–Crippen LogP) is 6.51. The van der Waals surface area contributed by atoms with Gasteiger partial charge >= 0.3 is 0 Å². The summed E-state index contributed by atoms with van der Waals surface area (Å²) < 4.78 is 0. The van der Waals surface area contributed by atoms with E-state index >= 15 is 0 Å². The number of carbonyl (C=O) groups is 1. The molecule has 0 aliphatic carbocycles. The molecule has 0 aliphatic rings. The zero-order valence-corrected chi connectivity index (χ0v) is 22.4. The lowest BCUT2D eigenvalue weighted by Gasteiger charge is -2.20. The summed E-state index contributed by atoms with van der Waals surface area (Å²) in [6.07, 6.45) is 8.54. The van der Waals surface area contributed by atoms with Crippen LogP contribution in [0.2, 0.25) is 0 Å². The van der Waals surface area contributed by atoms with Crippen molar-refractivity contribution in [3.8, 4) is 11.3 Å². The summed E-state index contributed by atoms with van der Waals surface area (Å²) in [6.45, 7) is 9.74. The molecule has 0 radical (unpaired) electrons. The Bertz CT molecular complexity index is 1320. The number of nitrogens with zero attached hydrogens (tertiary/aromatic N) is 4. The lowest BCUT2D eigenvalue weighted by molar-refractivity contribution is 0.102. The van der Waals surface area contributed by atoms with Gasteiger partial charge in [-0.25, -0.2) is 9.97 Å². The summed E-state index contributed by atoms with van der Waals surface area (Å²) >= 11 is 0. The quantitative estimate of drug-likeness (QED) is 0.227. The van der Waals surface area contributed by atoms with Gasteiger partial charge in [0.1, 0.15) is 0 Å². The minimum atomic E-state index is -0.139. The molecule has 0 saturated heterocycles. The van der Waals surface area contributed by atoms with Crippen LogP contribution in [0.4, 0.5) is 17.3 Å². The number of aryl methyl sites for hydroxylation is 1. The molecule has 196 valence electrons. The smallest absolute Gasteiger partial charge is 0.255 e. The number of aromatic nitrogens is 3. The first-order chi connectivity index (χ1) is 18.6. The van der Waals surface area contributed by atoms with Gasteiger partial charge in [0.2, 0.25) is 5.95 Å². The normalized spacial score (nSPS) is 10.9. The van der Waals surface area contributed by atoms with E-state index < -0.39 is 0 Å². The molecule has 0 saturated carbocycles. The summed E-state index contributed by atoms with van der Waals surface area (Å²) in [7, 11) is 0. The Morgan fingerprint density at radius 2 is 1.71 bits per heavy atom. The molecule has 0 unspecified atom stereocenters. The third-order valence-electron chi connectivity index (χ3n) is 6.37. The van der Waals surface area contributed by atoms with Crippen molar-refractivity contribution in [2.45, 2.75) is 40.0 Å². The first-order valence-electron chi connectivity index (χ1n) is 13.3. The number of rotatable bonds is 12. The van der Waals surface area contributed by atoms with E-state index in [0.29, 0.717) is 17.2 Å². The fourth-order valence-corrected chi connectivity index (χ4v) is 4.33. The van der Waals surface area contributed by atoms with E-state index in [-0.39, 0.29) is 5.91 Å². The van der Waals surface area contributed by atoms with Crippen molar-refractivity contribution in [2.75, 3.05) is 30.3 Å². The third-order valence-corrected chi connectivity index (χ3v) is 6.37. The van der Waals surface area contributed by atoms with Crippen LogP contribution in [-0.2, 0) is 6.42 Å². The van der Waals surface area contributed by atoms with Crippen LogP contribution in [-0.4, -0.2) is 45.4 Å². The zero-order valence-electron chi connectivity index (χ0n) is 22.4. The molecular weight excluding hydrogens is 472 g/mol. The second-order valence-electron chi connectivity index (χ2n) is 9.40. The molecule has 2 N–H and O–H groups in total.